The molecule has 130 valence electrons. The Morgan fingerprint density at radius 1 is 1.29 bits per heavy atom. The van der Waals surface area contributed by atoms with Crippen LogP contribution in [0.1, 0.15) is 20.3 Å². The number of hydrogen-bond donors (Lipinski definition) is 2. The molecule has 2 N–H and O–H groups in total. The van der Waals surface area contributed by atoms with Gasteiger partial charge < -0.3 is 10.6 Å². The monoisotopic (exact) mass is 376 g/mol. The smallest absolute Gasteiger partial charge is 0.237 e. The zero-order valence-electron chi connectivity index (χ0n) is 12.9. The van der Waals surface area contributed by atoms with Crippen LogP contribution in [0.3, 0.4) is 0 Å². The molecule has 0 spiro atoms. The summed E-state index contributed by atoms with van der Waals surface area (Å²) in [4.78, 5) is 12.1. The maximum absolute atomic E-state index is 13.6. The molecule has 0 aliphatic carbocycles. The van der Waals surface area contributed by atoms with Crippen LogP contribution in [0.2, 0.25) is 0 Å². The third-order valence-electron chi connectivity index (χ3n) is 2.87. The molecule has 1 amide bonds. The number of hydrogen-bond acceptors (Lipinski definition) is 6. The van der Waals surface area contributed by atoms with E-state index in [0.29, 0.717) is 9.47 Å². The van der Waals surface area contributed by atoms with Crippen molar-refractivity contribution < 1.29 is 18.0 Å². The molecular weight excluding hydrogens is 361 g/mol. The first-order chi connectivity index (χ1) is 11.4. The van der Waals surface area contributed by atoms with Crippen LogP contribution in [-0.2, 0) is 4.79 Å². The number of amides is 1. The SMILES string of the molecule is CCCNc1nnc(SC(C)C(=O)Nc2ccc(F)c(F)c2F)s1. The third-order valence-corrected chi connectivity index (χ3v) is 4.94. The van der Waals surface area contributed by atoms with Crippen LogP contribution in [0.15, 0.2) is 16.5 Å². The number of anilines is 2. The maximum Gasteiger partial charge on any atom is 0.237 e. The maximum atomic E-state index is 13.6. The molecule has 5 nitrogen and oxygen atoms in total. The van der Waals surface area contributed by atoms with Gasteiger partial charge in [-0.05, 0) is 25.5 Å². The van der Waals surface area contributed by atoms with E-state index in [1.54, 1.807) is 6.92 Å². The molecule has 10 heteroatoms. The number of carbonyl (C=O) groups excluding carboxylic acids is 1. The number of aromatic nitrogens is 2. The molecular formula is C14H15F3N4OS2. The predicted molar refractivity (Wildman–Crippen MR) is 89.0 cm³/mol. The summed E-state index contributed by atoms with van der Waals surface area (Å²) in [5.41, 5.74) is -0.408. The van der Waals surface area contributed by atoms with Crippen molar-refractivity contribution in [3.8, 4) is 0 Å². The van der Waals surface area contributed by atoms with Crippen molar-refractivity contribution in [2.75, 3.05) is 17.2 Å². The van der Waals surface area contributed by atoms with Crippen molar-refractivity contribution in [1.82, 2.24) is 10.2 Å². The Hall–Kier alpha value is -1.81. The van der Waals surface area contributed by atoms with Gasteiger partial charge in [0, 0.05) is 6.54 Å². The van der Waals surface area contributed by atoms with Crippen LogP contribution in [0.4, 0.5) is 24.0 Å². The van der Waals surface area contributed by atoms with Gasteiger partial charge in [-0.15, -0.1) is 10.2 Å². The van der Waals surface area contributed by atoms with Crippen LogP contribution in [0.25, 0.3) is 0 Å². The van der Waals surface area contributed by atoms with Crippen molar-refractivity contribution >= 4 is 39.8 Å². The molecule has 0 aliphatic heterocycles. The van der Waals surface area contributed by atoms with Gasteiger partial charge in [-0.25, -0.2) is 13.2 Å². The van der Waals surface area contributed by atoms with Crippen LogP contribution in [0, 0.1) is 17.5 Å². The van der Waals surface area contributed by atoms with E-state index < -0.39 is 34.3 Å². The lowest BCUT2D eigenvalue weighted by atomic mass is 10.2. The fourth-order valence-corrected chi connectivity index (χ4v) is 3.54. The van der Waals surface area contributed by atoms with E-state index >= 15 is 0 Å². The molecule has 1 atom stereocenters. The van der Waals surface area contributed by atoms with Crippen LogP contribution in [0.5, 0.6) is 0 Å². The van der Waals surface area contributed by atoms with E-state index in [9.17, 15) is 18.0 Å². The van der Waals surface area contributed by atoms with Gasteiger partial charge in [-0.1, -0.05) is 30.0 Å². The van der Waals surface area contributed by atoms with E-state index in [2.05, 4.69) is 20.8 Å². The average molecular weight is 376 g/mol. The highest BCUT2D eigenvalue weighted by atomic mass is 32.2. The molecule has 1 unspecified atom stereocenters. The normalized spacial score (nSPS) is 12.0. The first-order valence-corrected chi connectivity index (χ1v) is 8.80. The molecule has 1 aromatic heterocycles. The lowest BCUT2D eigenvalue weighted by Crippen LogP contribution is -2.23. The highest BCUT2D eigenvalue weighted by Crippen LogP contribution is 2.29. The largest absolute Gasteiger partial charge is 0.360 e. The Morgan fingerprint density at radius 3 is 2.75 bits per heavy atom. The van der Waals surface area contributed by atoms with Crippen molar-refractivity contribution in [1.29, 1.82) is 0 Å². The molecule has 0 saturated carbocycles. The van der Waals surface area contributed by atoms with Gasteiger partial charge in [-0.3, -0.25) is 4.79 Å². The van der Waals surface area contributed by atoms with Gasteiger partial charge in [-0.2, -0.15) is 0 Å². The molecule has 24 heavy (non-hydrogen) atoms. The number of rotatable bonds is 7. The number of nitrogens with zero attached hydrogens (tertiary/aromatic N) is 2. The second kappa shape index (κ2) is 8.34. The number of carbonyl (C=O) groups is 1. The predicted octanol–water partition coefficient (Wildman–Crippen LogP) is 3.90. The van der Waals surface area contributed by atoms with Gasteiger partial charge in [0.05, 0.1) is 10.9 Å². The topological polar surface area (TPSA) is 66.9 Å². The zero-order valence-corrected chi connectivity index (χ0v) is 14.5. The summed E-state index contributed by atoms with van der Waals surface area (Å²) >= 11 is 2.44. The number of thioether (sulfide) groups is 1. The highest BCUT2D eigenvalue weighted by Gasteiger charge is 2.20. The Morgan fingerprint density at radius 2 is 2.04 bits per heavy atom. The molecule has 2 aromatic rings. The Bertz CT molecular complexity index is 726. The van der Waals surface area contributed by atoms with Crippen molar-refractivity contribution in [2.24, 2.45) is 0 Å². The first kappa shape index (κ1) is 18.5. The standard InChI is InChI=1S/C14H15F3N4OS2/c1-3-6-18-13-20-21-14(24-13)23-7(2)12(22)19-9-5-4-8(15)10(16)11(9)17/h4-5,7H,3,6H2,1-2H3,(H,18,20)(H,19,22). The lowest BCUT2D eigenvalue weighted by molar-refractivity contribution is -0.115. The first-order valence-electron chi connectivity index (χ1n) is 7.10. The van der Waals surface area contributed by atoms with Crippen LogP contribution in [-0.4, -0.2) is 27.9 Å². The molecule has 0 saturated heterocycles. The minimum atomic E-state index is -1.62. The summed E-state index contributed by atoms with van der Waals surface area (Å²) in [5.74, 6) is -4.91. The number of benzene rings is 1. The van der Waals surface area contributed by atoms with Crippen molar-refractivity contribution in [2.45, 2.75) is 29.9 Å². The third kappa shape index (κ3) is 4.60. The van der Waals surface area contributed by atoms with Crippen LogP contribution >= 0.6 is 23.1 Å². The lowest BCUT2D eigenvalue weighted by Gasteiger charge is -2.11. The van der Waals surface area contributed by atoms with Gasteiger partial charge in [0.25, 0.3) is 0 Å². The van der Waals surface area contributed by atoms with Crippen molar-refractivity contribution in [3.63, 3.8) is 0 Å². The van der Waals surface area contributed by atoms with E-state index in [1.807, 2.05) is 6.92 Å². The van der Waals surface area contributed by atoms with Gasteiger partial charge in [0.15, 0.2) is 21.8 Å². The van der Waals surface area contributed by atoms with E-state index in [4.69, 9.17) is 0 Å². The second-order valence-corrected chi connectivity index (χ2v) is 7.34. The Labute approximate surface area is 145 Å². The molecule has 0 aliphatic rings. The second-order valence-electron chi connectivity index (χ2n) is 4.77. The summed E-state index contributed by atoms with van der Waals surface area (Å²) in [7, 11) is 0. The summed E-state index contributed by atoms with van der Waals surface area (Å²) in [5, 5.41) is 13.2. The average Bonchev–Trinajstić information content (AvgIpc) is 3.00. The van der Waals surface area contributed by atoms with E-state index in [1.165, 1.54) is 11.3 Å². The zero-order chi connectivity index (χ0) is 17.7. The van der Waals surface area contributed by atoms with Gasteiger partial charge in [0.2, 0.25) is 11.0 Å². The van der Waals surface area contributed by atoms with Crippen molar-refractivity contribution in [3.05, 3.63) is 29.6 Å². The minimum Gasteiger partial charge on any atom is -0.360 e. The van der Waals surface area contributed by atoms with E-state index in [0.717, 1.165) is 36.9 Å². The summed E-state index contributed by atoms with van der Waals surface area (Å²) in [6, 6.07) is 1.73. The Balaban J connectivity index is 1.97. The molecule has 0 fully saturated rings. The molecule has 0 bridgehead atoms. The number of halogens is 3. The molecule has 1 aromatic carbocycles. The van der Waals surface area contributed by atoms with E-state index in [-0.39, 0.29) is 0 Å². The quantitative estimate of drug-likeness (QED) is 0.567. The summed E-state index contributed by atoms with van der Waals surface area (Å²) in [6.45, 7) is 4.39. The molecule has 2 rings (SSSR count). The molecule has 1 heterocycles. The minimum absolute atomic E-state index is 0.408. The Kier molecular flexibility index (Phi) is 6.44. The van der Waals surface area contributed by atoms with Gasteiger partial charge in [0.1, 0.15) is 0 Å². The highest BCUT2D eigenvalue weighted by molar-refractivity contribution is 8.02. The summed E-state index contributed by atoms with van der Waals surface area (Å²) in [6.07, 6.45) is 0.945. The fraction of sp³-hybridized carbons (Fsp3) is 0.357. The summed E-state index contributed by atoms with van der Waals surface area (Å²) < 4.78 is 40.2. The van der Waals surface area contributed by atoms with Gasteiger partial charge >= 0.3 is 0 Å². The fourth-order valence-electron chi connectivity index (χ4n) is 1.62. The number of nitrogens with one attached hydrogen (secondary N) is 2. The van der Waals surface area contributed by atoms with Crippen LogP contribution < -0.4 is 10.6 Å². The molecule has 0 radical (unpaired) electrons.